The molecule has 4 rings (SSSR count). The van der Waals surface area contributed by atoms with Crippen LogP contribution in [0.2, 0.25) is 0 Å². The Labute approximate surface area is 211 Å². The number of carbonyl (C=O) groups is 1. The van der Waals surface area contributed by atoms with E-state index in [0.717, 1.165) is 26.6 Å². The molecule has 0 aliphatic carbocycles. The molecule has 0 aromatic heterocycles. The number of amides is 1. The van der Waals surface area contributed by atoms with E-state index in [-0.39, 0.29) is 10.6 Å². The van der Waals surface area contributed by atoms with E-state index < -0.39 is 34.3 Å². The van der Waals surface area contributed by atoms with Crippen LogP contribution in [0, 0.1) is 19.7 Å². The molecule has 7 heteroatoms. The van der Waals surface area contributed by atoms with Crippen molar-refractivity contribution in [3.63, 3.8) is 0 Å². The van der Waals surface area contributed by atoms with Crippen LogP contribution in [0.5, 0.6) is 0 Å². The summed E-state index contributed by atoms with van der Waals surface area (Å²) in [5.74, 6) is -0.994. The molecule has 1 N–H and O–H groups in total. The number of halogens is 1. The van der Waals surface area contributed by atoms with Gasteiger partial charge in [0.1, 0.15) is 12.4 Å². The summed E-state index contributed by atoms with van der Waals surface area (Å²) in [6.07, 6.45) is 0. The fourth-order valence-corrected chi connectivity index (χ4v) is 5.41. The largest absolute Gasteiger partial charge is 0.344 e. The maximum atomic E-state index is 13.6. The predicted octanol–water partition coefficient (Wildman–Crippen LogP) is 5.54. The first-order valence-corrected chi connectivity index (χ1v) is 12.9. The van der Waals surface area contributed by atoms with Crippen LogP contribution in [0.1, 0.15) is 28.3 Å². The Morgan fingerprint density at radius 2 is 1.44 bits per heavy atom. The zero-order valence-corrected chi connectivity index (χ0v) is 20.9. The Hall–Kier alpha value is -3.97. The van der Waals surface area contributed by atoms with Gasteiger partial charge in [0.05, 0.1) is 16.6 Å². The normalized spacial score (nSPS) is 12.1. The van der Waals surface area contributed by atoms with Gasteiger partial charge in [-0.15, -0.1) is 0 Å². The van der Waals surface area contributed by atoms with Crippen LogP contribution in [0.25, 0.3) is 0 Å². The highest BCUT2D eigenvalue weighted by molar-refractivity contribution is 7.92. The van der Waals surface area contributed by atoms with Crippen LogP contribution in [0.15, 0.2) is 108 Å². The summed E-state index contributed by atoms with van der Waals surface area (Å²) in [7, 11) is -4.10. The molecule has 5 nitrogen and oxygen atoms in total. The van der Waals surface area contributed by atoms with Crippen molar-refractivity contribution in [2.75, 3.05) is 10.8 Å². The summed E-state index contributed by atoms with van der Waals surface area (Å²) in [5, 5.41) is 3.02. The first kappa shape index (κ1) is 25.1. The number of rotatable bonds is 8. The van der Waals surface area contributed by atoms with Crippen molar-refractivity contribution < 1.29 is 17.6 Å². The molecule has 0 spiro atoms. The molecule has 0 unspecified atom stereocenters. The summed E-state index contributed by atoms with van der Waals surface area (Å²) in [4.78, 5) is 13.4. The first-order chi connectivity index (χ1) is 17.3. The molecule has 0 aliphatic heterocycles. The summed E-state index contributed by atoms with van der Waals surface area (Å²) in [6.45, 7) is 3.35. The Morgan fingerprint density at radius 1 is 0.833 bits per heavy atom. The van der Waals surface area contributed by atoms with E-state index in [2.05, 4.69) is 5.32 Å². The second kappa shape index (κ2) is 10.7. The standard InChI is InChI=1S/C29H27FN2O3S/c1-21-12-18-26(19-13-21)36(34,35)32(25-16-14-24(30)15-17-25)20-28(33)31-29(23-9-4-3-5-10-23)27-11-7-6-8-22(27)2/h3-19,29H,20H2,1-2H3,(H,31,33)/t29-/m1/s1. The molecule has 184 valence electrons. The summed E-state index contributed by atoms with van der Waals surface area (Å²) < 4.78 is 41.8. The molecule has 0 aliphatic rings. The summed E-state index contributed by atoms with van der Waals surface area (Å²) >= 11 is 0. The van der Waals surface area contributed by atoms with Crippen LogP contribution in [-0.2, 0) is 14.8 Å². The van der Waals surface area contributed by atoms with Gasteiger partial charge < -0.3 is 5.32 Å². The Morgan fingerprint density at radius 3 is 2.08 bits per heavy atom. The second-order valence-corrected chi connectivity index (χ2v) is 10.4. The maximum absolute atomic E-state index is 13.6. The lowest BCUT2D eigenvalue weighted by molar-refractivity contribution is -0.120. The minimum atomic E-state index is -4.10. The Bertz CT molecular complexity index is 1440. The average Bonchev–Trinajstić information content (AvgIpc) is 2.88. The van der Waals surface area contributed by atoms with E-state index in [9.17, 15) is 17.6 Å². The monoisotopic (exact) mass is 502 g/mol. The molecule has 0 saturated heterocycles. The number of carbonyl (C=O) groups excluding carboxylic acids is 1. The molecule has 4 aromatic carbocycles. The van der Waals surface area contributed by atoms with Gasteiger partial charge in [0.2, 0.25) is 5.91 Å². The molecule has 4 aromatic rings. The molecular formula is C29H27FN2O3S. The van der Waals surface area contributed by atoms with Crippen LogP contribution in [0.3, 0.4) is 0 Å². The fourth-order valence-electron chi connectivity index (χ4n) is 3.99. The zero-order valence-electron chi connectivity index (χ0n) is 20.1. The van der Waals surface area contributed by atoms with Gasteiger partial charge in [0, 0.05) is 0 Å². The number of anilines is 1. The van der Waals surface area contributed by atoms with Crippen molar-refractivity contribution in [1.82, 2.24) is 5.32 Å². The highest BCUT2D eigenvalue weighted by Gasteiger charge is 2.28. The fraction of sp³-hybridized carbons (Fsp3) is 0.138. The lowest BCUT2D eigenvalue weighted by atomic mass is 9.95. The number of aryl methyl sites for hydroxylation is 2. The highest BCUT2D eigenvalue weighted by atomic mass is 32.2. The maximum Gasteiger partial charge on any atom is 0.264 e. The van der Waals surface area contributed by atoms with Crippen molar-refractivity contribution in [2.45, 2.75) is 24.8 Å². The van der Waals surface area contributed by atoms with Gasteiger partial charge in [-0.25, -0.2) is 12.8 Å². The Kier molecular flexibility index (Phi) is 7.50. The lowest BCUT2D eigenvalue weighted by Gasteiger charge is -2.27. The molecular weight excluding hydrogens is 475 g/mol. The minimum absolute atomic E-state index is 0.0451. The quantitative estimate of drug-likeness (QED) is 0.344. The SMILES string of the molecule is Cc1ccc(S(=O)(=O)N(CC(=O)N[C@H](c2ccccc2)c2ccccc2C)c2ccc(F)cc2)cc1. The van der Waals surface area contributed by atoms with E-state index in [1.165, 1.54) is 36.4 Å². The molecule has 0 heterocycles. The third-order valence-corrected chi connectivity index (χ3v) is 7.74. The van der Waals surface area contributed by atoms with E-state index in [1.807, 2.05) is 68.4 Å². The van der Waals surface area contributed by atoms with Gasteiger partial charge in [-0.1, -0.05) is 72.3 Å². The van der Waals surface area contributed by atoms with Gasteiger partial charge in [-0.2, -0.15) is 0 Å². The van der Waals surface area contributed by atoms with Crippen molar-refractivity contribution in [3.8, 4) is 0 Å². The molecule has 0 bridgehead atoms. The van der Waals surface area contributed by atoms with E-state index in [0.29, 0.717) is 0 Å². The number of nitrogens with one attached hydrogen (secondary N) is 1. The van der Waals surface area contributed by atoms with E-state index in [4.69, 9.17) is 0 Å². The van der Waals surface area contributed by atoms with Crippen molar-refractivity contribution >= 4 is 21.6 Å². The van der Waals surface area contributed by atoms with Gasteiger partial charge >= 0.3 is 0 Å². The van der Waals surface area contributed by atoms with Gasteiger partial charge in [0.25, 0.3) is 10.0 Å². The third kappa shape index (κ3) is 5.63. The van der Waals surface area contributed by atoms with Crippen LogP contribution in [-0.4, -0.2) is 20.9 Å². The second-order valence-electron chi connectivity index (χ2n) is 8.57. The van der Waals surface area contributed by atoms with Crippen LogP contribution in [0.4, 0.5) is 10.1 Å². The van der Waals surface area contributed by atoms with Crippen LogP contribution >= 0.6 is 0 Å². The van der Waals surface area contributed by atoms with E-state index in [1.54, 1.807) is 12.1 Å². The summed E-state index contributed by atoms with van der Waals surface area (Å²) in [6, 6.07) is 28.2. The molecule has 0 radical (unpaired) electrons. The number of nitrogens with zero attached hydrogens (tertiary/aromatic N) is 1. The Balaban J connectivity index is 1.69. The predicted molar refractivity (Wildman–Crippen MR) is 140 cm³/mol. The molecule has 1 amide bonds. The topological polar surface area (TPSA) is 66.5 Å². The van der Waals surface area contributed by atoms with Crippen molar-refractivity contribution in [2.24, 2.45) is 0 Å². The number of benzene rings is 4. The molecule has 1 atom stereocenters. The van der Waals surface area contributed by atoms with Gasteiger partial charge in [-0.3, -0.25) is 9.10 Å². The molecule has 36 heavy (non-hydrogen) atoms. The van der Waals surface area contributed by atoms with Gasteiger partial charge in [-0.05, 0) is 66.9 Å². The lowest BCUT2D eigenvalue weighted by Crippen LogP contribution is -2.42. The highest BCUT2D eigenvalue weighted by Crippen LogP contribution is 2.27. The van der Waals surface area contributed by atoms with Crippen LogP contribution < -0.4 is 9.62 Å². The molecule has 0 saturated carbocycles. The first-order valence-electron chi connectivity index (χ1n) is 11.5. The van der Waals surface area contributed by atoms with Crippen molar-refractivity contribution in [3.05, 3.63) is 131 Å². The summed E-state index contributed by atoms with van der Waals surface area (Å²) in [5.41, 5.74) is 3.87. The zero-order chi connectivity index (χ0) is 25.7. The number of hydrogen-bond donors (Lipinski definition) is 1. The van der Waals surface area contributed by atoms with Crippen molar-refractivity contribution in [1.29, 1.82) is 0 Å². The smallest absolute Gasteiger partial charge is 0.264 e. The van der Waals surface area contributed by atoms with Gasteiger partial charge in [0.15, 0.2) is 0 Å². The third-order valence-electron chi connectivity index (χ3n) is 5.95. The minimum Gasteiger partial charge on any atom is -0.344 e. The number of sulfonamides is 1. The molecule has 0 fully saturated rings. The van der Waals surface area contributed by atoms with E-state index >= 15 is 0 Å². The number of hydrogen-bond acceptors (Lipinski definition) is 3. The average molecular weight is 503 g/mol.